The van der Waals surface area contributed by atoms with E-state index >= 15 is 0 Å². The highest BCUT2D eigenvalue weighted by Gasteiger charge is 2.25. The number of piperazine rings is 1. The van der Waals surface area contributed by atoms with E-state index < -0.39 is 6.10 Å². The lowest BCUT2D eigenvalue weighted by molar-refractivity contribution is 0.0409. The number of aliphatic hydroxyl groups excluding tert-OH is 1. The zero-order chi connectivity index (χ0) is 32.9. The first-order chi connectivity index (χ1) is 22.8. The second-order valence-electron chi connectivity index (χ2n) is 12.8. The largest absolute Gasteiger partial charge is 0.449 e. The molecule has 2 aromatic heterocycles. The van der Waals surface area contributed by atoms with E-state index in [-0.39, 0.29) is 6.09 Å². The molecule has 1 atom stereocenters. The number of para-hydroxylation sites is 1. The van der Waals surface area contributed by atoms with Gasteiger partial charge >= 0.3 is 6.09 Å². The van der Waals surface area contributed by atoms with Crippen LogP contribution in [0, 0.1) is 13.8 Å². The summed E-state index contributed by atoms with van der Waals surface area (Å²) in [5, 5.41) is 23.4. The van der Waals surface area contributed by atoms with Crippen LogP contribution < -0.4 is 10.6 Å². The lowest BCUT2D eigenvalue weighted by Crippen LogP contribution is -2.51. The van der Waals surface area contributed by atoms with E-state index in [2.05, 4.69) is 87.7 Å². The van der Waals surface area contributed by atoms with E-state index in [1.165, 1.54) is 11.1 Å². The number of aliphatic hydroxyl groups is 1. The van der Waals surface area contributed by atoms with Crippen LogP contribution in [0.2, 0.25) is 0 Å². The van der Waals surface area contributed by atoms with Crippen molar-refractivity contribution < 1.29 is 14.6 Å². The third-order valence-corrected chi connectivity index (χ3v) is 9.15. The van der Waals surface area contributed by atoms with Gasteiger partial charge in [0.1, 0.15) is 0 Å². The molecular weight excluding hydrogens is 594 g/mol. The van der Waals surface area contributed by atoms with Crippen LogP contribution in [-0.4, -0.2) is 104 Å². The monoisotopic (exact) mass is 641 g/mol. The molecule has 4 aromatic rings. The Kier molecular flexibility index (Phi) is 10.2. The van der Waals surface area contributed by atoms with E-state index in [1.54, 1.807) is 9.58 Å². The number of fused-ring (bicyclic) bond motifs is 2. The molecule has 6 rings (SSSR count). The molecule has 0 aliphatic carbocycles. The number of benzene rings is 2. The van der Waals surface area contributed by atoms with Gasteiger partial charge in [0.2, 0.25) is 5.95 Å². The number of aryl methyl sites for hydroxylation is 3. The molecule has 12 heteroatoms. The van der Waals surface area contributed by atoms with Crippen molar-refractivity contribution >= 4 is 40.3 Å². The lowest BCUT2D eigenvalue weighted by atomic mass is 9.98. The number of nitrogens with one attached hydrogen (secondary N) is 2. The van der Waals surface area contributed by atoms with Gasteiger partial charge in [-0.3, -0.25) is 9.80 Å². The van der Waals surface area contributed by atoms with E-state index in [1.807, 2.05) is 13.2 Å². The van der Waals surface area contributed by atoms with Crippen molar-refractivity contribution in [2.75, 3.05) is 63.1 Å². The van der Waals surface area contributed by atoms with Gasteiger partial charge in [0.25, 0.3) is 0 Å². The van der Waals surface area contributed by atoms with Gasteiger partial charge in [-0.2, -0.15) is 10.1 Å². The molecular formula is C35H47N9O3. The van der Waals surface area contributed by atoms with Crippen molar-refractivity contribution in [3.63, 3.8) is 0 Å². The number of hydrogen-bond donors (Lipinski definition) is 3. The maximum absolute atomic E-state index is 12.2. The van der Waals surface area contributed by atoms with Crippen LogP contribution in [0.25, 0.3) is 11.0 Å². The zero-order valence-corrected chi connectivity index (χ0v) is 28.0. The normalized spacial score (nSPS) is 16.2. The predicted molar refractivity (Wildman–Crippen MR) is 184 cm³/mol. The number of hydrogen-bond acceptors (Lipinski definition) is 10. The number of unbranched alkanes of at least 4 members (excludes halogenated alkanes) is 1. The van der Waals surface area contributed by atoms with Gasteiger partial charge in [-0.05, 0) is 61.1 Å². The minimum Gasteiger partial charge on any atom is -0.449 e. The molecule has 1 amide bonds. The molecule has 1 fully saturated rings. The fourth-order valence-corrected chi connectivity index (χ4v) is 6.46. The molecule has 1 unspecified atom stereocenters. The van der Waals surface area contributed by atoms with Gasteiger partial charge in [-0.1, -0.05) is 37.6 Å². The molecule has 0 radical (unpaired) electrons. The van der Waals surface area contributed by atoms with Gasteiger partial charge in [0.05, 0.1) is 18.1 Å². The first-order valence-corrected chi connectivity index (χ1v) is 16.7. The first-order valence-electron chi connectivity index (χ1n) is 16.7. The molecule has 0 spiro atoms. The van der Waals surface area contributed by atoms with E-state index in [0.29, 0.717) is 38.7 Å². The van der Waals surface area contributed by atoms with Crippen molar-refractivity contribution in [3.05, 3.63) is 64.8 Å². The van der Waals surface area contributed by atoms with Gasteiger partial charge in [0.15, 0.2) is 11.5 Å². The predicted octanol–water partition coefficient (Wildman–Crippen LogP) is 4.74. The van der Waals surface area contributed by atoms with Crippen LogP contribution >= 0.6 is 0 Å². The summed E-state index contributed by atoms with van der Waals surface area (Å²) < 4.78 is 7.13. The Morgan fingerprint density at radius 3 is 2.53 bits per heavy atom. The van der Waals surface area contributed by atoms with E-state index in [0.717, 1.165) is 84.8 Å². The van der Waals surface area contributed by atoms with E-state index in [4.69, 9.17) is 9.72 Å². The van der Waals surface area contributed by atoms with Crippen LogP contribution in [0.1, 0.15) is 42.0 Å². The zero-order valence-electron chi connectivity index (χ0n) is 28.0. The molecule has 12 nitrogen and oxygen atoms in total. The maximum Gasteiger partial charge on any atom is 0.409 e. The number of ether oxygens (including phenoxy) is 1. The quantitative estimate of drug-likeness (QED) is 0.198. The number of carbonyl (C=O) groups is 1. The highest BCUT2D eigenvalue weighted by atomic mass is 16.6. The van der Waals surface area contributed by atoms with Crippen molar-refractivity contribution in [2.45, 2.75) is 52.7 Å². The molecule has 250 valence electrons. The topological polar surface area (TPSA) is 124 Å². The Morgan fingerprint density at radius 2 is 1.77 bits per heavy atom. The van der Waals surface area contributed by atoms with Crippen molar-refractivity contribution in [2.24, 2.45) is 7.05 Å². The number of β-amino-alcohol motifs (C(OH)–C–C–N with tert-alkyl or cyclic N) is 1. The Bertz CT molecular complexity index is 1680. The average molecular weight is 642 g/mol. The Labute approximate surface area is 276 Å². The number of nitrogens with zero attached hydrogens (tertiary/aromatic N) is 7. The smallest absolute Gasteiger partial charge is 0.409 e. The van der Waals surface area contributed by atoms with Crippen LogP contribution in [-0.2, 0) is 24.8 Å². The minimum atomic E-state index is -0.464. The summed E-state index contributed by atoms with van der Waals surface area (Å²) in [7, 11) is 1.89. The lowest BCUT2D eigenvalue weighted by Gasteiger charge is -2.36. The molecule has 4 heterocycles. The molecule has 2 aliphatic heterocycles. The van der Waals surface area contributed by atoms with Crippen molar-refractivity contribution in [1.29, 1.82) is 0 Å². The molecule has 3 N–H and O–H groups in total. The van der Waals surface area contributed by atoms with Crippen LogP contribution in [0.3, 0.4) is 0 Å². The number of rotatable bonds is 11. The van der Waals surface area contributed by atoms with Crippen LogP contribution in [0.15, 0.2) is 42.6 Å². The molecule has 1 saturated heterocycles. The van der Waals surface area contributed by atoms with Crippen LogP contribution in [0.5, 0.6) is 0 Å². The van der Waals surface area contributed by atoms with Crippen LogP contribution in [0.4, 0.5) is 27.9 Å². The Hall–Kier alpha value is -4.26. The highest BCUT2D eigenvalue weighted by Crippen LogP contribution is 2.29. The van der Waals surface area contributed by atoms with Crippen molar-refractivity contribution in [1.82, 2.24) is 34.4 Å². The Morgan fingerprint density at radius 1 is 1.00 bits per heavy atom. The highest BCUT2D eigenvalue weighted by molar-refractivity contribution is 5.90. The summed E-state index contributed by atoms with van der Waals surface area (Å²) in [5.41, 5.74) is 7.58. The molecule has 47 heavy (non-hydrogen) atoms. The number of aromatic nitrogens is 4. The fraction of sp³-hybridized carbons (Fsp3) is 0.486. The standard InChI is InChI=1S/C35H47N9O3/c1-5-6-18-47-35(46)44-16-14-42(15-17-44)22-29(45)23-43-13-12-26-10-11-28(19-27(26)21-43)37-34-36-20-30-32(40-41(4)33(30)39-34)38-31-24(2)8-7-9-25(31)3/h7-11,19-20,29,45H,5-6,12-18,21-23H2,1-4H3,(H,38,40)(H,36,37,39). The Balaban J connectivity index is 1.03. The molecule has 2 aromatic carbocycles. The second-order valence-corrected chi connectivity index (χ2v) is 12.8. The van der Waals surface area contributed by atoms with Gasteiger partial charge in [-0.15, -0.1) is 0 Å². The molecule has 0 saturated carbocycles. The number of anilines is 4. The number of carbonyl (C=O) groups excluding carboxylic acids is 1. The summed E-state index contributed by atoms with van der Waals surface area (Å²) in [6, 6.07) is 12.6. The molecule has 0 bridgehead atoms. The SMILES string of the molecule is CCCCOC(=O)N1CCN(CC(O)CN2CCc3ccc(Nc4ncc5c(Nc6c(C)cccc6C)nn(C)c5n4)cc3C2)CC1. The minimum absolute atomic E-state index is 0.223. The third kappa shape index (κ3) is 7.83. The average Bonchev–Trinajstić information content (AvgIpc) is 3.37. The van der Waals surface area contributed by atoms with E-state index in [9.17, 15) is 9.90 Å². The maximum atomic E-state index is 12.2. The fourth-order valence-electron chi connectivity index (χ4n) is 6.46. The van der Waals surface area contributed by atoms with Crippen molar-refractivity contribution in [3.8, 4) is 0 Å². The second kappa shape index (κ2) is 14.7. The first kappa shape index (κ1) is 32.7. The van der Waals surface area contributed by atoms with Gasteiger partial charge in [0, 0.05) is 77.0 Å². The summed E-state index contributed by atoms with van der Waals surface area (Å²) in [5.74, 6) is 1.24. The van der Waals surface area contributed by atoms with Gasteiger partial charge in [-0.25, -0.2) is 14.5 Å². The molecule has 2 aliphatic rings. The number of amides is 1. The summed E-state index contributed by atoms with van der Waals surface area (Å²) in [4.78, 5) is 28.0. The third-order valence-electron chi connectivity index (χ3n) is 9.15. The summed E-state index contributed by atoms with van der Waals surface area (Å²) >= 11 is 0. The summed E-state index contributed by atoms with van der Waals surface area (Å²) in [6.45, 7) is 12.4. The summed E-state index contributed by atoms with van der Waals surface area (Å²) in [6.07, 6.45) is 3.96. The van der Waals surface area contributed by atoms with Gasteiger partial charge < -0.3 is 25.4 Å².